The molecule has 0 aliphatic heterocycles. The average molecular weight is 233 g/mol. The Balaban J connectivity index is 2.91. The van der Waals surface area contributed by atoms with Crippen LogP contribution in [-0.4, -0.2) is 11.9 Å². The Hall–Kier alpha value is -0.730. The normalized spacial score (nSPS) is 12.3. The van der Waals surface area contributed by atoms with E-state index in [-0.39, 0.29) is 5.78 Å². The van der Waals surface area contributed by atoms with Crippen LogP contribution in [0.3, 0.4) is 0 Å². The first-order valence-corrected chi connectivity index (χ1v) is 4.89. The highest BCUT2D eigenvalue weighted by atomic mass is 35.5. The lowest BCUT2D eigenvalue weighted by Crippen LogP contribution is -2.20. The van der Waals surface area contributed by atoms with Crippen molar-refractivity contribution in [1.29, 1.82) is 0 Å². The number of hydrogen-bond donors (Lipinski definition) is 0. The number of carbonyl (C=O) groups is 1. The Bertz CT molecular complexity index is 330. The van der Waals surface area contributed by atoms with Gasteiger partial charge in [0.2, 0.25) is 0 Å². The zero-order valence-corrected chi connectivity index (χ0v) is 9.39. The molecule has 0 amide bonds. The molecule has 0 aliphatic rings. The molecule has 0 saturated heterocycles. The Labute approximate surface area is 92.8 Å². The molecule has 1 atom stereocenters. The summed E-state index contributed by atoms with van der Waals surface area (Å²) in [6.45, 7) is 3.11. The molecule has 0 aromatic heterocycles. The van der Waals surface area contributed by atoms with Crippen LogP contribution < -0.4 is 4.74 Å². The highest BCUT2D eigenvalue weighted by Gasteiger charge is 2.13. The van der Waals surface area contributed by atoms with E-state index in [1.807, 2.05) is 0 Å². The second kappa shape index (κ2) is 4.67. The molecule has 2 nitrogen and oxygen atoms in total. The van der Waals surface area contributed by atoms with E-state index in [1.165, 1.54) is 6.92 Å². The monoisotopic (exact) mass is 232 g/mol. The zero-order chi connectivity index (χ0) is 10.7. The van der Waals surface area contributed by atoms with Gasteiger partial charge >= 0.3 is 0 Å². The highest BCUT2D eigenvalue weighted by molar-refractivity contribution is 6.37. The lowest BCUT2D eigenvalue weighted by atomic mass is 10.3. The molecule has 1 aromatic carbocycles. The maximum absolute atomic E-state index is 11.0. The largest absolute Gasteiger partial charge is 0.480 e. The van der Waals surface area contributed by atoms with Gasteiger partial charge in [-0.1, -0.05) is 29.3 Å². The Morgan fingerprint density at radius 1 is 1.36 bits per heavy atom. The topological polar surface area (TPSA) is 26.3 Å². The molecule has 4 heteroatoms. The van der Waals surface area contributed by atoms with Crippen LogP contribution in [0, 0.1) is 0 Å². The molecule has 0 radical (unpaired) electrons. The Morgan fingerprint density at radius 2 is 1.86 bits per heavy atom. The number of ketones is 1. The fraction of sp³-hybridized carbons (Fsp3) is 0.300. The van der Waals surface area contributed by atoms with Crippen molar-refractivity contribution >= 4 is 29.0 Å². The van der Waals surface area contributed by atoms with Crippen molar-refractivity contribution < 1.29 is 9.53 Å². The standard InChI is InChI=1S/C10H10Cl2O2/c1-6(13)7(2)14-10-8(11)4-3-5-9(10)12/h3-5,7H,1-2H3/t7-/m1/s1. The zero-order valence-electron chi connectivity index (χ0n) is 7.88. The molecule has 0 N–H and O–H groups in total. The van der Waals surface area contributed by atoms with Crippen molar-refractivity contribution in [3.05, 3.63) is 28.2 Å². The highest BCUT2D eigenvalue weighted by Crippen LogP contribution is 2.33. The minimum Gasteiger partial charge on any atom is -0.480 e. The molecule has 0 spiro atoms. The fourth-order valence-electron chi connectivity index (χ4n) is 0.855. The summed E-state index contributed by atoms with van der Waals surface area (Å²) in [6, 6.07) is 5.04. The molecule has 0 heterocycles. The van der Waals surface area contributed by atoms with Crippen LogP contribution >= 0.6 is 23.2 Å². The number of ether oxygens (including phenoxy) is 1. The van der Waals surface area contributed by atoms with Gasteiger partial charge in [0.25, 0.3) is 0 Å². The molecule has 1 aromatic rings. The SMILES string of the molecule is CC(=O)[C@@H](C)Oc1c(Cl)cccc1Cl. The number of benzene rings is 1. The molecule has 0 fully saturated rings. The predicted octanol–water partition coefficient (Wildman–Crippen LogP) is 3.35. The third kappa shape index (κ3) is 2.63. The van der Waals surface area contributed by atoms with Gasteiger partial charge in [-0.25, -0.2) is 0 Å². The maximum atomic E-state index is 11.0. The van der Waals surface area contributed by atoms with Gasteiger partial charge in [-0.15, -0.1) is 0 Å². The summed E-state index contributed by atoms with van der Waals surface area (Å²) in [5, 5.41) is 0.816. The molecule has 0 bridgehead atoms. The van der Waals surface area contributed by atoms with E-state index in [2.05, 4.69) is 0 Å². The van der Waals surface area contributed by atoms with Crippen molar-refractivity contribution in [1.82, 2.24) is 0 Å². The lowest BCUT2D eigenvalue weighted by Gasteiger charge is -2.13. The number of para-hydroxylation sites is 1. The Morgan fingerprint density at radius 3 is 2.29 bits per heavy atom. The third-order valence-corrected chi connectivity index (χ3v) is 2.38. The summed E-state index contributed by atoms with van der Waals surface area (Å²) >= 11 is 11.7. The quantitative estimate of drug-likeness (QED) is 0.800. The number of carbonyl (C=O) groups excluding carboxylic acids is 1. The molecule has 0 unspecified atom stereocenters. The first-order chi connectivity index (χ1) is 6.52. The fourth-order valence-corrected chi connectivity index (χ4v) is 1.34. The summed E-state index contributed by atoms with van der Waals surface area (Å²) in [5.41, 5.74) is 0. The van der Waals surface area contributed by atoms with Crippen LogP contribution in [0.25, 0.3) is 0 Å². The minimum absolute atomic E-state index is 0.0685. The van der Waals surface area contributed by atoms with Crippen LogP contribution in [0.15, 0.2) is 18.2 Å². The third-order valence-electron chi connectivity index (χ3n) is 1.79. The predicted molar refractivity (Wildman–Crippen MR) is 57.2 cm³/mol. The van der Waals surface area contributed by atoms with Crippen molar-refractivity contribution in [2.75, 3.05) is 0 Å². The van der Waals surface area contributed by atoms with Crippen LogP contribution in [0.1, 0.15) is 13.8 Å². The van der Waals surface area contributed by atoms with Crippen molar-refractivity contribution in [2.45, 2.75) is 20.0 Å². The van der Waals surface area contributed by atoms with Crippen LogP contribution in [0.5, 0.6) is 5.75 Å². The van der Waals surface area contributed by atoms with E-state index in [4.69, 9.17) is 27.9 Å². The second-order valence-corrected chi connectivity index (χ2v) is 3.74. The summed E-state index contributed by atoms with van der Waals surface area (Å²) in [5.74, 6) is 0.291. The molecule has 0 saturated carbocycles. The second-order valence-electron chi connectivity index (χ2n) is 2.92. The maximum Gasteiger partial charge on any atom is 0.169 e. The van der Waals surface area contributed by atoms with E-state index in [0.29, 0.717) is 15.8 Å². The molecule has 76 valence electrons. The molecular formula is C10H10Cl2O2. The minimum atomic E-state index is -0.535. The number of rotatable bonds is 3. The van der Waals surface area contributed by atoms with Gasteiger partial charge in [0.1, 0.15) is 0 Å². The average Bonchev–Trinajstić information content (AvgIpc) is 2.11. The van der Waals surface area contributed by atoms with Crippen molar-refractivity contribution in [3.63, 3.8) is 0 Å². The van der Waals surface area contributed by atoms with Crippen LogP contribution in [-0.2, 0) is 4.79 Å². The summed E-state index contributed by atoms with van der Waals surface area (Å²) in [6.07, 6.45) is -0.535. The Kier molecular flexibility index (Phi) is 3.78. The molecule has 14 heavy (non-hydrogen) atoms. The first kappa shape index (κ1) is 11.3. The van der Waals surface area contributed by atoms with Gasteiger partial charge in [-0.2, -0.15) is 0 Å². The number of Topliss-reactive ketones (excluding diaryl/α,β-unsaturated/α-hetero) is 1. The lowest BCUT2D eigenvalue weighted by molar-refractivity contribution is -0.122. The van der Waals surface area contributed by atoms with Crippen molar-refractivity contribution in [3.8, 4) is 5.75 Å². The van der Waals surface area contributed by atoms with Gasteiger partial charge in [0, 0.05) is 0 Å². The van der Waals surface area contributed by atoms with E-state index in [0.717, 1.165) is 0 Å². The summed E-state index contributed by atoms with van der Waals surface area (Å²) < 4.78 is 5.32. The number of hydrogen-bond acceptors (Lipinski definition) is 2. The summed E-state index contributed by atoms with van der Waals surface area (Å²) in [7, 11) is 0. The number of halogens is 2. The van der Waals surface area contributed by atoms with E-state index in [1.54, 1.807) is 25.1 Å². The van der Waals surface area contributed by atoms with Gasteiger partial charge in [-0.3, -0.25) is 4.79 Å². The van der Waals surface area contributed by atoms with E-state index >= 15 is 0 Å². The van der Waals surface area contributed by atoms with Crippen LogP contribution in [0.4, 0.5) is 0 Å². The van der Waals surface area contributed by atoms with Gasteiger partial charge in [0.05, 0.1) is 10.0 Å². The molecule has 1 rings (SSSR count). The van der Waals surface area contributed by atoms with Crippen molar-refractivity contribution in [2.24, 2.45) is 0 Å². The molecule has 0 aliphatic carbocycles. The molecular weight excluding hydrogens is 223 g/mol. The smallest absolute Gasteiger partial charge is 0.169 e. The van der Waals surface area contributed by atoms with Crippen LogP contribution in [0.2, 0.25) is 10.0 Å². The van der Waals surface area contributed by atoms with Gasteiger partial charge in [-0.05, 0) is 26.0 Å². The summed E-state index contributed by atoms with van der Waals surface area (Å²) in [4.78, 5) is 11.0. The van der Waals surface area contributed by atoms with Gasteiger partial charge in [0.15, 0.2) is 17.6 Å². The van der Waals surface area contributed by atoms with Gasteiger partial charge < -0.3 is 4.74 Å². The van der Waals surface area contributed by atoms with E-state index in [9.17, 15) is 4.79 Å². The first-order valence-electron chi connectivity index (χ1n) is 4.13. The van der Waals surface area contributed by atoms with E-state index < -0.39 is 6.10 Å².